The molecule has 2 N–H and O–H groups in total. The number of rotatable bonds is 8. The third kappa shape index (κ3) is 7.43. The Morgan fingerprint density at radius 2 is 2.00 bits per heavy atom. The Hall–Kier alpha value is -4.03. The topological polar surface area (TPSA) is 122 Å². The van der Waals surface area contributed by atoms with Gasteiger partial charge in [-0.2, -0.15) is 5.26 Å². The van der Waals surface area contributed by atoms with Gasteiger partial charge in [-0.15, -0.1) is 13.2 Å². The average Bonchev–Trinajstić information content (AvgIpc) is 3.35. The van der Waals surface area contributed by atoms with Crippen LogP contribution in [0.4, 0.5) is 27.6 Å². The fraction of sp³-hybridized carbons (Fsp3) is 0.562. The number of halogens is 5. The maximum Gasteiger partial charge on any atom is 0.573 e. The molecule has 0 spiro atoms. The lowest BCUT2D eigenvalue weighted by Crippen LogP contribution is -2.62. The van der Waals surface area contributed by atoms with Gasteiger partial charge in [-0.1, -0.05) is 30.7 Å². The minimum atomic E-state index is -5.04. The van der Waals surface area contributed by atoms with Crippen LogP contribution in [-0.4, -0.2) is 89.0 Å². The number of hydrogen-bond donors (Lipinski definition) is 2. The van der Waals surface area contributed by atoms with Crippen molar-refractivity contribution in [3.8, 4) is 11.8 Å². The van der Waals surface area contributed by atoms with E-state index >= 15 is 0 Å². The molecule has 1 aromatic rings. The smallest absolute Gasteiger partial charge is 0.406 e. The van der Waals surface area contributed by atoms with Gasteiger partial charge < -0.3 is 14.7 Å². The summed E-state index contributed by atoms with van der Waals surface area (Å²) in [5, 5.41) is 24.2. The highest BCUT2D eigenvalue weighted by molar-refractivity contribution is 6.08. The highest BCUT2D eigenvalue weighted by Crippen LogP contribution is 2.40. The number of aliphatic hydroxyl groups excluding tert-OH is 1. The first-order valence-electron chi connectivity index (χ1n) is 15.5. The zero-order chi connectivity index (χ0) is 34.3. The summed E-state index contributed by atoms with van der Waals surface area (Å²) in [6.07, 6.45) is -3.25. The number of alkyl halides is 5. The van der Waals surface area contributed by atoms with Crippen molar-refractivity contribution in [1.82, 2.24) is 15.1 Å². The van der Waals surface area contributed by atoms with Gasteiger partial charge in [0.25, 0.3) is 11.8 Å². The van der Waals surface area contributed by atoms with Crippen LogP contribution in [0.25, 0.3) is 0 Å². The van der Waals surface area contributed by atoms with E-state index in [0.29, 0.717) is 18.4 Å². The number of amides is 2. The zero-order valence-electron chi connectivity index (χ0n) is 26.2. The van der Waals surface area contributed by atoms with E-state index in [4.69, 9.17) is 0 Å². The Balaban J connectivity index is 1.62. The van der Waals surface area contributed by atoms with Crippen molar-refractivity contribution >= 4 is 23.5 Å². The number of allylic oxidation sites excluding steroid dienone is 2. The van der Waals surface area contributed by atoms with E-state index in [0.717, 1.165) is 22.6 Å². The average molecular weight is 665 g/mol. The summed E-state index contributed by atoms with van der Waals surface area (Å²) in [4.78, 5) is 36.5. The third-order valence-electron chi connectivity index (χ3n) is 8.98. The van der Waals surface area contributed by atoms with Gasteiger partial charge in [-0.25, -0.2) is 8.78 Å². The molecule has 5 unspecified atom stereocenters. The number of carbonyl (C=O) groups excluding carboxylic acids is 2. The maximum atomic E-state index is 14.9. The molecular formula is C32H37F5N6O4. The number of ether oxygens (including phenoxy) is 1. The van der Waals surface area contributed by atoms with Crippen molar-refractivity contribution in [3.05, 3.63) is 47.6 Å². The number of carbonyl (C=O) groups is 2. The largest absolute Gasteiger partial charge is 0.573 e. The molecule has 10 nitrogen and oxygen atoms in total. The molecule has 1 saturated carbocycles. The van der Waals surface area contributed by atoms with Crippen LogP contribution in [0.5, 0.6) is 5.75 Å². The van der Waals surface area contributed by atoms with Crippen LogP contribution < -0.4 is 15.0 Å². The number of anilines is 1. The lowest BCUT2D eigenvalue weighted by Gasteiger charge is -2.44. The molecular weight excluding hydrogens is 627 g/mol. The van der Waals surface area contributed by atoms with Gasteiger partial charge in [0.2, 0.25) is 11.9 Å². The predicted molar refractivity (Wildman–Crippen MR) is 161 cm³/mol. The number of likely N-dealkylation sites (tertiary alicyclic amines) is 1. The number of aliphatic imine (C=N–C) groups is 1. The zero-order valence-corrected chi connectivity index (χ0v) is 26.2. The molecule has 1 saturated heterocycles. The first-order chi connectivity index (χ1) is 22.1. The fourth-order valence-corrected chi connectivity index (χ4v) is 6.71. The summed E-state index contributed by atoms with van der Waals surface area (Å²) in [5.74, 6) is -4.49. The Morgan fingerprint density at radius 3 is 2.64 bits per heavy atom. The molecule has 5 rings (SSSR count). The van der Waals surface area contributed by atoms with Gasteiger partial charge in [0, 0.05) is 57.1 Å². The molecule has 0 aromatic heterocycles. The minimum absolute atomic E-state index is 0.0208. The molecule has 47 heavy (non-hydrogen) atoms. The Morgan fingerprint density at radius 1 is 1.28 bits per heavy atom. The van der Waals surface area contributed by atoms with Gasteiger partial charge in [-0.05, 0) is 43.4 Å². The summed E-state index contributed by atoms with van der Waals surface area (Å²) >= 11 is 0. The number of nitrogens with zero attached hydrogens (tertiary/aromatic N) is 5. The summed E-state index contributed by atoms with van der Waals surface area (Å²) in [5.41, 5.74) is 1.16. The normalized spacial score (nSPS) is 26.0. The molecule has 2 heterocycles. The second-order valence-corrected chi connectivity index (χ2v) is 12.6. The minimum Gasteiger partial charge on any atom is -0.406 e. The van der Waals surface area contributed by atoms with Crippen LogP contribution in [0.1, 0.15) is 52.4 Å². The van der Waals surface area contributed by atoms with Crippen molar-refractivity contribution in [1.29, 1.82) is 5.26 Å². The van der Waals surface area contributed by atoms with E-state index in [1.165, 1.54) is 21.9 Å². The lowest BCUT2D eigenvalue weighted by molar-refractivity contribution is -0.274. The van der Waals surface area contributed by atoms with Crippen LogP contribution in [0.15, 0.2) is 52.6 Å². The van der Waals surface area contributed by atoms with E-state index in [1.807, 2.05) is 13.0 Å². The lowest BCUT2D eigenvalue weighted by atomic mass is 9.85. The molecule has 0 bridgehead atoms. The third-order valence-corrected chi connectivity index (χ3v) is 8.98. The van der Waals surface area contributed by atoms with E-state index in [2.05, 4.69) is 21.1 Å². The maximum absolute atomic E-state index is 14.9. The monoisotopic (exact) mass is 664 g/mol. The molecule has 0 radical (unpaired) electrons. The van der Waals surface area contributed by atoms with Crippen LogP contribution in [-0.2, 0) is 9.59 Å². The molecule has 5 atom stereocenters. The number of aliphatic hydroxyl groups is 1. The van der Waals surface area contributed by atoms with Crippen molar-refractivity contribution in [2.75, 3.05) is 18.5 Å². The van der Waals surface area contributed by atoms with Gasteiger partial charge in [0.15, 0.2) is 0 Å². The summed E-state index contributed by atoms with van der Waals surface area (Å²) in [7, 11) is 1.59. The van der Waals surface area contributed by atoms with Gasteiger partial charge >= 0.3 is 6.36 Å². The number of nitrogens with one attached hydrogen (secondary N) is 1. The van der Waals surface area contributed by atoms with E-state index in [9.17, 15) is 41.9 Å². The van der Waals surface area contributed by atoms with Crippen LogP contribution >= 0.6 is 0 Å². The van der Waals surface area contributed by atoms with Crippen LogP contribution in [0.3, 0.4) is 0 Å². The first-order valence-corrected chi connectivity index (χ1v) is 15.5. The van der Waals surface area contributed by atoms with Crippen LogP contribution in [0.2, 0.25) is 0 Å². The fourth-order valence-electron chi connectivity index (χ4n) is 6.71. The Kier molecular flexibility index (Phi) is 9.66. The van der Waals surface area contributed by atoms with Crippen molar-refractivity contribution in [3.63, 3.8) is 0 Å². The number of benzene rings is 1. The summed E-state index contributed by atoms with van der Waals surface area (Å²) < 4.78 is 71.6. The predicted octanol–water partition coefficient (Wildman–Crippen LogP) is 4.48. The molecule has 2 aliphatic carbocycles. The Bertz CT molecular complexity index is 1510. The van der Waals surface area contributed by atoms with Gasteiger partial charge in [0.05, 0.1) is 6.07 Å². The molecule has 4 aliphatic rings. The molecule has 2 amide bonds. The standard InChI is InChI=1S/C32H37F5N6O4/c1-18-7-8-24(19(2)13-18)27(28(45)40-20-15-31(33,34)16-20)42(21-5-4-6-23(14-21)47-32(35,36)37)29(46)25-9-10-26(44)43(25)30-39-12-11-22(17-38)41(30)3/h4-8,14,18,20,22,25,27-28,40,45H,9-13,15-16H2,1-3H3. The molecule has 15 heteroatoms. The number of guanidine groups is 1. The second kappa shape index (κ2) is 13.2. The highest BCUT2D eigenvalue weighted by atomic mass is 19.4. The molecule has 1 aromatic carbocycles. The van der Waals surface area contributed by atoms with E-state index < -0.39 is 73.1 Å². The van der Waals surface area contributed by atoms with Crippen molar-refractivity contribution in [2.45, 2.75) is 95.1 Å². The Labute approximate surface area is 269 Å². The number of nitriles is 1. The summed E-state index contributed by atoms with van der Waals surface area (Å²) in [6.45, 7) is 4.00. The van der Waals surface area contributed by atoms with Crippen LogP contribution in [0, 0.1) is 17.2 Å². The van der Waals surface area contributed by atoms with E-state index in [1.54, 1.807) is 20.0 Å². The second-order valence-electron chi connectivity index (χ2n) is 12.6. The quantitative estimate of drug-likeness (QED) is 0.311. The van der Waals surface area contributed by atoms with E-state index in [-0.39, 0.29) is 37.0 Å². The molecule has 2 fully saturated rings. The summed E-state index contributed by atoms with van der Waals surface area (Å²) in [6, 6.07) is 2.94. The molecule has 2 aliphatic heterocycles. The highest BCUT2D eigenvalue weighted by Gasteiger charge is 2.49. The first kappa shape index (κ1) is 34.3. The number of hydrogen-bond acceptors (Lipinski definition) is 8. The van der Waals surface area contributed by atoms with Crippen molar-refractivity contribution < 1.29 is 41.4 Å². The van der Waals surface area contributed by atoms with Crippen molar-refractivity contribution in [2.24, 2.45) is 10.9 Å². The molecule has 254 valence electrons. The van der Waals surface area contributed by atoms with Gasteiger partial charge in [0.1, 0.15) is 30.1 Å². The SMILES string of the molecule is CC1=C(C(C(O)NC2CC(F)(F)C2)N(C(=O)C2CCC(=O)N2C2=NCCC(C#N)N2C)c2cccc(OC(F)(F)F)c2)C=CC(C)C1. The van der Waals surface area contributed by atoms with Gasteiger partial charge in [-0.3, -0.25) is 29.7 Å².